The number of hydrogen-bond acceptors (Lipinski definition) is 5. The third kappa shape index (κ3) is 6.41. The molecule has 4 aromatic rings. The second kappa shape index (κ2) is 11.6. The second-order valence-corrected chi connectivity index (χ2v) is 9.82. The maximum absolute atomic E-state index is 14.8. The average molecular weight is 530 g/mol. The van der Waals surface area contributed by atoms with E-state index in [4.69, 9.17) is 0 Å². The Kier molecular flexibility index (Phi) is 7.84. The summed E-state index contributed by atoms with van der Waals surface area (Å²) in [6.45, 7) is 1.55. The summed E-state index contributed by atoms with van der Waals surface area (Å²) < 4.78 is 29.6. The summed E-state index contributed by atoms with van der Waals surface area (Å²) in [6, 6.07) is 17.8. The number of benzene rings is 3. The Morgan fingerprint density at radius 3 is 1.90 bits per heavy atom. The molecular formula is C31H29F2N3O3. The van der Waals surface area contributed by atoms with Crippen LogP contribution in [-0.4, -0.2) is 40.9 Å². The summed E-state index contributed by atoms with van der Waals surface area (Å²) in [5.41, 5.74) is 3.26. The van der Waals surface area contributed by atoms with Gasteiger partial charge in [-0.15, -0.1) is 0 Å². The van der Waals surface area contributed by atoms with Crippen LogP contribution in [0.25, 0.3) is 0 Å². The number of carbonyl (C=O) groups is 2. The molecule has 1 saturated heterocycles. The molecular weight excluding hydrogens is 500 g/mol. The molecule has 1 fully saturated rings. The van der Waals surface area contributed by atoms with Crippen LogP contribution in [0.15, 0.2) is 79.1 Å². The molecule has 2 heterocycles. The lowest BCUT2D eigenvalue weighted by Gasteiger charge is -2.31. The molecule has 5 rings (SSSR count). The smallest absolute Gasteiger partial charge is 0.168 e. The van der Waals surface area contributed by atoms with Crippen LogP contribution >= 0.6 is 0 Å². The third-order valence-corrected chi connectivity index (χ3v) is 7.00. The highest BCUT2D eigenvalue weighted by Crippen LogP contribution is 2.26. The van der Waals surface area contributed by atoms with Crippen LogP contribution in [-0.2, 0) is 12.8 Å². The Morgan fingerprint density at radius 1 is 0.821 bits per heavy atom. The summed E-state index contributed by atoms with van der Waals surface area (Å²) in [5, 5.41) is 12.4. The van der Waals surface area contributed by atoms with Crippen molar-refractivity contribution in [3.05, 3.63) is 113 Å². The van der Waals surface area contributed by atoms with E-state index in [2.05, 4.69) is 15.2 Å². The van der Waals surface area contributed by atoms with Gasteiger partial charge in [-0.2, -0.15) is 0 Å². The lowest BCUT2D eigenvalue weighted by atomic mass is 10.0. The Balaban J connectivity index is 1.19. The standard InChI is InChI=1S/C31H29F2N3O3/c32-26-15-20(17-30(38)22-3-5-24(6-4-22)36-13-10-25(37)11-14-36)1-7-28(26)35-29-8-2-21(16-27(29)33)18-31(39)23-9-12-34-19-23/h1-9,12,15-16,19,25,34-35,37H,10-11,13-14,17-18H2. The highest BCUT2D eigenvalue weighted by Gasteiger charge is 2.18. The summed E-state index contributed by atoms with van der Waals surface area (Å²) >= 11 is 0. The lowest BCUT2D eigenvalue weighted by molar-refractivity contribution is 0.0985. The fraction of sp³-hybridized carbons (Fsp3) is 0.226. The Bertz CT molecular complexity index is 1460. The molecule has 0 radical (unpaired) electrons. The normalized spacial score (nSPS) is 13.9. The van der Waals surface area contributed by atoms with Crippen molar-refractivity contribution in [2.24, 2.45) is 0 Å². The number of H-pyrrole nitrogens is 1. The summed E-state index contributed by atoms with van der Waals surface area (Å²) in [5.74, 6) is -1.47. The summed E-state index contributed by atoms with van der Waals surface area (Å²) in [7, 11) is 0. The molecule has 0 bridgehead atoms. The second-order valence-electron chi connectivity index (χ2n) is 9.82. The molecule has 3 aromatic carbocycles. The minimum Gasteiger partial charge on any atom is -0.393 e. The number of nitrogens with one attached hydrogen (secondary N) is 2. The monoisotopic (exact) mass is 529 g/mol. The van der Waals surface area contributed by atoms with E-state index in [9.17, 15) is 23.5 Å². The zero-order valence-electron chi connectivity index (χ0n) is 21.3. The number of nitrogens with zero attached hydrogens (tertiary/aromatic N) is 1. The van der Waals surface area contributed by atoms with Crippen LogP contribution < -0.4 is 10.2 Å². The van der Waals surface area contributed by atoms with Gasteiger partial charge in [0.25, 0.3) is 0 Å². The number of rotatable bonds is 9. The minimum atomic E-state index is -0.603. The highest BCUT2D eigenvalue weighted by atomic mass is 19.1. The minimum absolute atomic E-state index is 0.0324. The zero-order valence-corrected chi connectivity index (χ0v) is 21.3. The molecule has 0 unspecified atom stereocenters. The van der Waals surface area contributed by atoms with Crippen molar-refractivity contribution < 1.29 is 23.5 Å². The van der Waals surface area contributed by atoms with Gasteiger partial charge in [0.2, 0.25) is 0 Å². The van der Waals surface area contributed by atoms with E-state index in [0.29, 0.717) is 22.3 Å². The molecule has 0 amide bonds. The number of Topliss-reactive ketones (excluding diaryl/α,β-unsaturated/α-hetero) is 2. The van der Waals surface area contributed by atoms with E-state index in [1.165, 1.54) is 24.3 Å². The molecule has 8 heteroatoms. The molecule has 0 atom stereocenters. The SMILES string of the molecule is O=C(Cc1ccc(Nc2ccc(CC(=O)c3cc[nH]c3)cc2F)c(F)c1)c1ccc(N2CCC(O)CC2)cc1. The Hall–Kier alpha value is -4.30. The van der Waals surface area contributed by atoms with E-state index in [-0.39, 0.29) is 41.9 Å². The van der Waals surface area contributed by atoms with Gasteiger partial charge in [0.15, 0.2) is 11.6 Å². The van der Waals surface area contributed by atoms with Gasteiger partial charge < -0.3 is 20.3 Å². The van der Waals surface area contributed by atoms with Crippen molar-refractivity contribution in [1.82, 2.24) is 4.98 Å². The van der Waals surface area contributed by atoms with Crippen LogP contribution in [0.1, 0.15) is 44.7 Å². The molecule has 39 heavy (non-hydrogen) atoms. The molecule has 3 N–H and O–H groups in total. The van der Waals surface area contributed by atoms with Crippen molar-refractivity contribution in [3.63, 3.8) is 0 Å². The van der Waals surface area contributed by atoms with Crippen molar-refractivity contribution in [2.45, 2.75) is 31.8 Å². The van der Waals surface area contributed by atoms with E-state index >= 15 is 0 Å². The van der Waals surface area contributed by atoms with Gasteiger partial charge in [-0.3, -0.25) is 9.59 Å². The molecule has 0 saturated carbocycles. The van der Waals surface area contributed by atoms with Crippen molar-refractivity contribution >= 4 is 28.6 Å². The molecule has 1 aromatic heterocycles. The lowest BCUT2D eigenvalue weighted by Crippen LogP contribution is -2.35. The van der Waals surface area contributed by atoms with E-state index < -0.39 is 11.6 Å². The van der Waals surface area contributed by atoms with Gasteiger partial charge in [0, 0.05) is 55.1 Å². The van der Waals surface area contributed by atoms with Crippen LogP contribution in [0.5, 0.6) is 0 Å². The average Bonchev–Trinajstić information content (AvgIpc) is 3.48. The molecule has 6 nitrogen and oxygen atoms in total. The molecule has 0 spiro atoms. The molecule has 0 aliphatic carbocycles. The number of hydrogen-bond donors (Lipinski definition) is 3. The summed E-state index contributed by atoms with van der Waals surface area (Å²) in [6.07, 6.45) is 4.53. The predicted molar refractivity (Wildman–Crippen MR) is 147 cm³/mol. The van der Waals surface area contributed by atoms with Crippen LogP contribution in [0, 0.1) is 11.6 Å². The van der Waals surface area contributed by atoms with Crippen molar-refractivity contribution in [3.8, 4) is 0 Å². The first-order chi connectivity index (χ1) is 18.9. The quantitative estimate of drug-likeness (QED) is 0.237. The first kappa shape index (κ1) is 26.3. The Morgan fingerprint density at radius 2 is 1.38 bits per heavy atom. The number of ketones is 2. The van der Waals surface area contributed by atoms with Crippen LogP contribution in [0.2, 0.25) is 0 Å². The Labute approximate surface area is 225 Å². The fourth-order valence-electron chi connectivity index (χ4n) is 4.74. The maximum atomic E-state index is 14.8. The van der Waals surface area contributed by atoms with Crippen molar-refractivity contribution in [1.29, 1.82) is 0 Å². The molecule has 200 valence electrons. The fourth-order valence-corrected chi connectivity index (χ4v) is 4.74. The third-order valence-electron chi connectivity index (χ3n) is 7.00. The van der Waals surface area contributed by atoms with E-state index in [1.54, 1.807) is 42.7 Å². The zero-order chi connectivity index (χ0) is 27.4. The van der Waals surface area contributed by atoms with Crippen LogP contribution in [0.3, 0.4) is 0 Å². The number of carbonyl (C=O) groups excluding carboxylic acids is 2. The highest BCUT2D eigenvalue weighted by molar-refractivity contribution is 5.98. The molecule has 1 aliphatic rings. The summed E-state index contributed by atoms with van der Waals surface area (Å²) in [4.78, 5) is 30.1. The van der Waals surface area contributed by atoms with E-state index in [1.807, 2.05) is 12.1 Å². The van der Waals surface area contributed by atoms with Gasteiger partial charge in [-0.25, -0.2) is 8.78 Å². The first-order valence-corrected chi connectivity index (χ1v) is 12.9. The number of anilines is 3. The van der Waals surface area contributed by atoms with E-state index in [0.717, 1.165) is 31.6 Å². The predicted octanol–water partition coefficient (Wildman–Crippen LogP) is 5.85. The number of aliphatic hydroxyl groups is 1. The topological polar surface area (TPSA) is 85.4 Å². The first-order valence-electron chi connectivity index (χ1n) is 12.9. The van der Waals surface area contributed by atoms with Gasteiger partial charge in [-0.05, 0) is 78.6 Å². The number of halogens is 2. The van der Waals surface area contributed by atoms with Gasteiger partial charge in [-0.1, -0.05) is 12.1 Å². The molecule has 1 aliphatic heterocycles. The largest absolute Gasteiger partial charge is 0.393 e. The number of aliphatic hydroxyl groups excluding tert-OH is 1. The number of piperidine rings is 1. The number of aromatic nitrogens is 1. The van der Waals surface area contributed by atoms with Gasteiger partial charge in [0.1, 0.15) is 11.6 Å². The van der Waals surface area contributed by atoms with Crippen molar-refractivity contribution in [2.75, 3.05) is 23.3 Å². The van der Waals surface area contributed by atoms with Crippen LogP contribution in [0.4, 0.5) is 25.8 Å². The maximum Gasteiger partial charge on any atom is 0.168 e. The number of aromatic amines is 1. The van der Waals surface area contributed by atoms with Gasteiger partial charge >= 0.3 is 0 Å². The van der Waals surface area contributed by atoms with Gasteiger partial charge in [0.05, 0.1) is 17.5 Å².